The quantitative estimate of drug-likeness (QED) is 0.657. The monoisotopic (exact) mass is 197 g/mol. The highest BCUT2D eigenvalue weighted by molar-refractivity contribution is 5.00. The van der Waals surface area contributed by atoms with E-state index in [0.29, 0.717) is 19.8 Å². The largest absolute Gasteiger partial charge is 0.382 e. The number of nitrogens with zero attached hydrogens (tertiary/aromatic N) is 2. The van der Waals surface area contributed by atoms with Gasteiger partial charge in [-0.15, -0.1) is 0 Å². The molecular weight excluding hydrogens is 182 g/mol. The van der Waals surface area contributed by atoms with Crippen LogP contribution in [0.1, 0.15) is 11.7 Å². The summed E-state index contributed by atoms with van der Waals surface area (Å²) in [6.45, 7) is 1.56. The Morgan fingerprint density at radius 2 is 2.29 bits per heavy atom. The lowest BCUT2D eigenvalue weighted by Crippen LogP contribution is -2.19. The van der Waals surface area contributed by atoms with Crippen LogP contribution in [0.2, 0.25) is 0 Å². The van der Waals surface area contributed by atoms with Gasteiger partial charge in [-0.05, 0) is 0 Å². The van der Waals surface area contributed by atoms with Crippen molar-refractivity contribution in [2.75, 3.05) is 26.9 Å². The van der Waals surface area contributed by atoms with E-state index in [2.05, 4.69) is 9.97 Å². The first kappa shape index (κ1) is 11.0. The van der Waals surface area contributed by atoms with Crippen molar-refractivity contribution >= 4 is 0 Å². The Morgan fingerprint density at radius 1 is 1.43 bits per heavy atom. The first-order valence-electron chi connectivity index (χ1n) is 4.42. The SMILES string of the molecule is COCCOCC(N)c1cnccn1. The van der Waals surface area contributed by atoms with E-state index in [1.807, 2.05) is 0 Å². The summed E-state index contributed by atoms with van der Waals surface area (Å²) >= 11 is 0. The predicted octanol–water partition coefficient (Wildman–Crippen LogP) is 0.139. The number of nitrogens with two attached hydrogens (primary N) is 1. The lowest BCUT2D eigenvalue weighted by atomic mass is 10.2. The van der Waals surface area contributed by atoms with Crippen LogP contribution in [0.15, 0.2) is 18.6 Å². The van der Waals surface area contributed by atoms with Crippen molar-refractivity contribution in [3.8, 4) is 0 Å². The molecule has 1 aromatic rings. The summed E-state index contributed by atoms with van der Waals surface area (Å²) in [5.41, 5.74) is 6.55. The molecule has 5 heteroatoms. The Kier molecular flexibility index (Phi) is 5.06. The Hall–Kier alpha value is -1.04. The van der Waals surface area contributed by atoms with Gasteiger partial charge in [0.25, 0.3) is 0 Å². The summed E-state index contributed by atoms with van der Waals surface area (Å²) in [6, 6.07) is -0.222. The summed E-state index contributed by atoms with van der Waals surface area (Å²) in [7, 11) is 1.63. The fraction of sp³-hybridized carbons (Fsp3) is 0.556. The van der Waals surface area contributed by atoms with Crippen LogP contribution in [-0.2, 0) is 9.47 Å². The smallest absolute Gasteiger partial charge is 0.0777 e. The molecule has 0 fully saturated rings. The molecular formula is C9H15N3O2. The van der Waals surface area contributed by atoms with Crippen LogP contribution in [0.3, 0.4) is 0 Å². The molecule has 1 aromatic heterocycles. The molecule has 0 saturated carbocycles. The second kappa shape index (κ2) is 6.42. The third-order valence-electron chi connectivity index (χ3n) is 1.69. The van der Waals surface area contributed by atoms with Gasteiger partial charge in [0, 0.05) is 19.5 Å². The maximum Gasteiger partial charge on any atom is 0.0777 e. The van der Waals surface area contributed by atoms with E-state index in [0.717, 1.165) is 5.69 Å². The molecule has 78 valence electrons. The first-order valence-corrected chi connectivity index (χ1v) is 4.42. The summed E-state index contributed by atoms with van der Waals surface area (Å²) in [5.74, 6) is 0. The molecule has 0 aliphatic heterocycles. The molecule has 1 atom stereocenters. The van der Waals surface area contributed by atoms with Crippen LogP contribution in [-0.4, -0.2) is 36.9 Å². The van der Waals surface area contributed by atoms with Crippen molar-refractivity contribution in [2.24, 2.45) is 5.73 Å². The molecule has 14 heavy (non-hydrogen) atoms. The molecule has 0 spiro atoms. The highest BCUT2D eigenvalue weighted by Gasteiger charge is 2.06. The van der Waals surface area contributed by atoms with Gasteiger partial charge in [0.2, 0.25) is 0 Å². The van der Waals surface area contributed by atoms with Crippen LogP contribution in [0.4, 0.5) is 0 Å². The normalized spacial score (nSPS) is 12.7. The van der Waals surface area contributed by atoms with E-state index < -0.39 is 0 Å². The van der Waals surface area contributed by atoms with Crippen molar-refractivity contribution in [1.29, 1.82) is 0 Å². The van der Waals surface area contributed by atoms with Gasteiger partial charge in [-0.3, -0.25) is 9.97 Å². The van der Waals surface area contributed by atoms with Crippen LogP contribution in [0.25, 0.3) is 0 Å². The lowest BCUT2D eigenvalue weighted by molar-refractivity contribution is 0.0631. The summed E-state index contributed by atoms with van der Waals surface area (Å²) in [5, 5.41) is 0. The Morgan fingerprint density at radius 3 is 2.93 bits per heavy atom. The number of rotatable bonds is 6. The van der Waals surface area contributed by atoms with E-state index in [1.54, 1.807) is 25.7 Å². The molecule has 0 saturated heterocycles. The molecule has 0 aliphatic rings. The maximum atomic E-state index is 5.81. The minimum absolute atomic E-state index is 0.222. The molecule has 0 aromatic carbocycles. The van der Waals surface area contributed by atoms with Gasteiger partial charge in [-0.1, -0.05) is 0 Å². The average molecular weight is 197 g/mol. The van der Waals surface area contributed by atoms with Crippen molar-refractivity contribution in [3.63, 3.8) is 0 Å². The molecule has 2 N–H and O–H groups in total. The van der Waals surface area contributed by atoms with Crippen molar-refractivity contribution in [1.82, 2.24) is 9.97 Å². The van der Waals surface area contributed by atoms with Gasteiger partial charge in [0.15, 0.2) is 0 Å². The van der Waals surface area contributed by atoms with E-state index in [-0.39, 0.29) is 6.04 Å². The standard InChI is InChI=1S/C9H15N3O2/c1-13-4-5-14-7-8(10)9-6-11-2-3-12-9/h2-3,6,8H,4-5,7,10H2,1H3. The van der Waals surface area contributed by atoms with Crippen LogP contribution in [0, 0.1) is 0 Å². The van der Waals surface area contributed by atoms with Gasteiger partial charge in [0.1, 0.15) is 0 Å². The fourth-order valence-electron chi connectivity index (χ4n) is 0.940. The molecule has 1 unspecified atom stereocenters. The van der Waals surface area contributed by atoms with Crippen molar-refractivity contribution < 1.29 is 9.47 Å². The second-order valence-electron chi connectivity index (χ2n) is 2.80. The average Bonchev–Trinajstić information content (AvgIpc) is 2.25. The van der Waals surface area contributed by atoms with Gasteiger partial charge in [-0.25, -0.2) is 0 Å². The fourth-order valence-corrected chi connectivity index (χ4v) is 0.940. The number of ether oxygens (including phenoxy) is 2. The third kappa shape index (κ3) is 3.78. The zero-order chi connectivity index (χ0) is 10.2. The number of hydrogen-bond donors (Lipinski definition) is 1. The van der Waals surface area contributed by atoms with E-state index >= 15 is 0 Å². The zero-order valence-corrected chi connectivity index (χ0v) is 8.22. The summed E-state index contributed by atoms with van der Waals surface area (Å²) < 4.78 is 10.1. The van der Waals surface area contributed by atoms with Crippen LogP contribution >= 0.6 is 0 Å². The Balaban J connectivity index is 2.25. The number of methoxy groups -OCH3 is 1. The Bertz CT molecular complexity index is 243. The number of hydrogen-bond acceptors (Lipinski definition) is 5. The highest BCUT2D eigenvalue weighted by atomic mass is 16.5. The first-order chi connectivity index (χ1) is 6.84. The molecule has 0 amide bonds. The van der Waals surface area contributed by atoms with Crippen LogP contribution < -0.4 is 5.73 Å². The highest BCUT2D eigenvalue weighted by Crippen LogP contribution is 2.04. The second-order valence-corrected chi connectivity index (χ2v) is 2.80. The molecule has 1 rings (SSSR count). The number of aromatic nitrogens is 2. The van der Waals surface area contributed by atoms with Crippen LogP contribution in [0.5, 0.6) is 0 Å². The van der Waals surface area contributed by atoms with Crippen molar-refractivity contribution in [3.05, 3.63) is 24.3 Å². The predicted molar refractivity (Wildman–Crippen MR) is 51.7 cm³/mol. The van der Waals surface area contributed by atoms with E-state index in [4.69, 9.17) is 15.2 Å². The van der Waals surface area contributed by atoms with Gasteiger partial charge < -0.3 is 15.2 Å². The van der Waals surface area contributed by atoms with E-state index in [1.165, 1.54) is 0 Å². The maximum absolute atomic E-state index is 5.81. The van der Waals surface area contributed by atoms with Gasteiger partial charge >= 0.3 is 0 Å². The minimum Gasteiger partial charge on any atom is -0.382 e. The minimum atomic E-state index is -0.222. The lowest BCUT2D eigenvalue weighted by Gasteiger charge is -2.10. The Labute approximate surface area is 83.3 Å². The molecule has 1 heterocycles. The molecule has 0 bridgehead atoms. The van der Waals surface area contributed by atoms with Crippen molar-refractivity contribution in [2.45, 2.75) is 6.04 Å². The third-order valence-corrected chi connectivity index (χ3v) is 1.69. The molecule has 0 radical (unpaired) electrons. The summed E-state index contributed by atoms with van der Waals surface area (Å²) in [6.07, 6.45) is 4.87. The van der Waals surface area contributed by atoms with E-state index in [9.17, 15) is 0 Å². The van der Waals surface area contributed by atoms with Gasteiger partial charge in [-0.2, -0.15) is 0 Å². The zero-order valence-electron chi connectivity index (χ0n) is 8.22. The summed E-state index contributed by atoms with van der Waals surface area (Å²) in [4.78, 5) is 8.01. The van der Waals surface area contributed by atoms with Gasteiger partial charge in [0.05, 0.1) is 37.8 Å². The molecule has 5 nitrogen and oxygen atoms in total. The molecule has 0 aliphatic carbocycles. The topological polar surface area (TPSA) is 70.3 Å².